The summed E-state index contributed by atoms with van der Waals surface area (Å²) in [6, 6.07) is 22.8. The molecule has 0 aliphatic heterocycles. The summed E-state index contributed by atoms with van der Waals surface area (Å²) < 4.78 is 6.01. The fraction of sp³-hybridized carbons (Fsp3) is 0.400. The summed E-state index contributed by atoms with van der Waals surface area (Å²) in [6.45, 7) is 9.52. The summed E-state index contributed by atoms with van der Waals surface area (Å²) in [5.41, 5.74) is 5.44. The minimum Gasteiger partial charge on any atom is -0.494 e. The maximum absolute atomic E-state index is 13.1. The summed E-state index contributed by atoms with van der Waals surface area (Å²) in [4.78, 5) is 35.2. The molecule has 5 rings (SSSR count). The number of benzene rings is 3. The highest BCUT2D eigenvalue weighted by Gasteiger charge is 2.22. The quantitative estimate of drug-likeness (QED) is 0.165. The molecule has 3 aromatic carbocycles. The van der Waals surface area contributed by atoms with Gasteiger partial charge in [0.2, 0.25) is 5.91 Å². The van der Waals surface area contributed by atoms with Crippen LogP contribution in [0.1, 0.15) is 87.7 Å². The molecular weight excluding hydrogens is 584 g/mol. The molecular formula is C40H48N4O3. The lowest BCUT2D eigenvalue weighted by Gasteiger charge is -2.21. The van der Waals surface area contributed by atoms with Crippen LogP contribution in [-0.2, 0) is 16.6 Å². The van der Waals surface area contributed by atoms with E-state index >= 15 is 0 Å². The van der Waals surface area contributed by atoms with Crippen LogP contribution in [0.3, 0.4) is 0 Å². The second-order valence-corrected chi connectivity index (χ2v) is 13.6. The molecule has 2 N–H and O–H groups in total. The van der Waals surface area contributed by atoms with Gasteiger partial charge in [0.15, 0.2) is 5.82 Å². The predicted molar refractivity (Wildman–Crippen MR) is 188 cm³/mol. The summed E-state index contributed by atoms with van der Waals surface area (Å²) in [6.07, 6.45) is 12.0. The maximum atomic E-state index is 13.1. The van der Waals surface area contributed by atoms with Gasteiger partial charge < -0.3 is 15.4 Å². The van der Waals surface area contributed by atoms with Crippen LogP contribution in [0.5, 0.6) is 5.75 Å². The highest BCUT2D eigenvalue weighted by atomic mass is 16.5. The van der Waals surface area contributed by atoms with E-state index in [1.165, 1.54) is 32.1 Å². The fourth-order valence-electron chi connectivity index (χ4n) is 6.08. The number of carbonyl (C=O) groups excluding carboxylic acids is 2. The molecule has 7 nitrogen and oxygen atoms in total. The number of ether oxygens (including phenoxy) is 1. The van der Waals surface area contributed by atoms with Crippen LogP contribution in [0.25, 0.3) is 22.5 Å². The molecule has 1 aliphatic carbocycles. The smallest absolute Gasteiger partial charge is 0.251 e. The number of likely N-dealkylation sites (N-methyl/N-ethyl adjacent to an activating group) is 1. The van der Waals surface area contributed by atoms with E-state index in [1.54, 1.807) is 0 Å². The van der Waals surface area contributed by atoms with E-state index in [0.29, 0.717) is 24.4 Å². The van der Waals surface area contributed by atoms with Gasteiger partial charge in [0.1, 0.15) is 11.8 Å². The fourth-order valence-corrected chi connectivity index (χ4v) is 6.08. The van der Waals surface area contributed by atoms with Gasteiger partial charge in [-0.1, -0.05) is 101 Å². The summed E-state index contributed by atoms with van der Waals surface area (Å²) in [5.74, 6) is 1.84. The van der Waals surface area contributed by atoms with Crippen LogP contribution in [-0.4, -0.2) is 41.0 Å². The number of rotatable bonds is 12. The second kappa shape index (κ2) is 15.9. The molecule has 0 saturated heterocycles. The number of carbonyl (C=O) groups is 2. The van der Waals surface area contributed by atoms with Crippen molar-refractivity contribution in [2.24, 2.45) is 5.92 Å². The Bertz CT molecular complexity index is 1590. The lowest BCUT2D eigenvalue weighted by atomic mass is 9.86. The van der Waals surface area contributed by atoms with Crippen LogP contribution < -0.4 is 15.4 Å². The third-order valence-corrected chi connectivity index (χ3v) is 9.00. The first-order valence-electron chi connectivity index (χ1n) is 17.0. The Hall–Kier alpha value is -4.52. The van der Waals surface area contributed by atoms with Crippen molar-refractivity contribution in [1.82, 2.24) is 20.6 Å². The lowest BCUT2D eigenvalue weighted by Crippen LogP contribution is -2.48. The van der Waals surface area contributed by atoms with Crippen LogP contribution in [0.4, 0.5) is 0 Å². The van der Waals surface area contributed by atoms with Crippen LogP contribution in [0.15, 0.2) is 85.2 Å². The predicted octanol–water partition coefficient (Wildman–Crippen LogP) is 7.93. The number of hydrogen-bond acceptors (Lipinski definition) is 5. The molecule has 1 unspecified atom stereocenters. The van der Waals surface area contributed by atoms with E-state index in [1.807, 2.05) is 92.1 Å². The Morgan fingerprint density at radius 3 is 2.09 bits per heavy atom. The third kappa shape index (κ3) is 9.50. The molecule has 1 fully saturated rings. The molecule has 0 bridgehead atoms. The summed E-state index contributed by atoms with van der Waals surface area (Å²) >= 11 is 0. The van der Waals surface area contributed by atoms with E-state index in [2.05, 4.69) is 41.4 Å². The van der Waals surface area contributed by atoms with E-state index in [0.717, 1.165) is 52.5 Å². The van der Waals surface area contributed by atoms with Gasteiger partial charge in [-0.05, 0) is 65.6 Å². The number of hydrogen-bond donors (Lipinski definition) is 2. The molecule has 1 aromatic heterocycles. The Labute approximate surface area is 279 Å². The first-order chi connectivity index (χ1) is 22.7. The summed E-state index contributed by atoms with van der Waals surface area (Å²) in [7, 11) is 0. The minimum absolute atomic E-state index is 0.00699. The van der Waals surface area contributed by atoms with Crippen molar-refractivity contribution in [2.45, 2.75) is 84.1 Å². The van der Waals surface area contributed by atoms with Gasteiger partial charge in [-0.15, -0.1) is 0 Å². The summed E-state index contributed by atoms with van der Waals surface area (Å²) in [5, 5.41) is 5.79. The molecule has 7 heteroatoms. The highest BCUT2D eigenvalue weighted by Crippen LogP contribution is 2.28. The van der Waals surface area contributed by atoms with E-state index in [9.17, 15) is 9.59 Å². The van der Waals surface area contributed by atoms with Gasteiger partial charge in [0.05, 0.1) is 6.61 Å². The zero-order chi connectivity index (χ0) is 33.2. The topological polar surface area (TPSA) is 93.2 Å². The second-order valence-electron chi connectivity index (χ2n) is 13.6. The van der Waals surface area contributed by atoms with Gasteiger partial charge in [0.25, 0.3) is 5.91 Å². The standard InChI is InChI=1S/C40H48N4O3/c1-5-41-39(46)36(44-38(45)32-15-19-34(20-16-32)40(2,3)4)25-29-11-13-31(14-12-29)37-42-26-33(27-43-37)30-17-21-35(22-18-30)47-24-23-28-9-7-6-8-10-28/h11-22,26-28,36H,5-10,23-25H2,1-4H3,(H,41,46)(H,44,45). The monoisotopic (exact) mass is 632 g/mol. The van der Waals surface area contributed by atoms with Crippen LogP contribution in [0.2, 0.25) is 0 Å². The van der Waals surface area contributed by atoms with Crippen molar-refractivity contribution in [2.75, 3.05) is 13.2 Å². The van der Waals surface area contributed by atoms with Crippen molar-refractivity contribution in [1.29, 1.82) is 0 Å². The molecule has 1 atom stereocenters. The van der Waals surface area contributed by atoms with Gasteiger partial charge >= 0.3 is 0 Å². The molecule has 246 valence electrons. The zero-order valence-electron chi connectivity index (χ0n) is 28.2. The van der Waals surface area contributed by atoms with Gasteiger partial charge in [-0.2, -0.15) is 0 Å². The average molecular weight is 633 g/mol. The van der Waals surface area contributed by atoms with Crippen molar-refractivity contribution in [3.8, 4) is 28.3 Å². The molecule has 2 amide bonds. The third-order valence-electron chi connectivity index (χ3n) is 9.00. The first kappa shape index (κ1) is 33.8. The van der Waals surface area contributed by atoms with Gasteiger partial charge in [0, 0.05) is 42.0 Å². The van der Waals surface area contributed by atoms with E-state index in [4.69, 9.17) is 4.74 Å². The molecule has 1 aliphatic rings. The highest BCUT2D eigenvalue weighted by molar-refractivity contribution is 5.97. The number of aromatic nitrogens is 2. The zero-order valence-corrected chi connectivity index (χ0v) is 28.2. The van der Waals surface area contributed by atoms with Gasteiger partial charge in [-0.25, -0.2) is 9.97 Å². The van der Waals surface area contributed by atoms with Crippen LogP contribution in [0, 0.1) is 5.92 Å². The lowest BCUT2D eigenvalue weighted by molar-refractivity contribution is -0.122. The molecule has 0 radical (unpaired) electrons. The van der Waals surface area contributed by atoms with Crippen LogP contribution >= 0.6 is 0 Å². The average Bonchev–Trinajstić information content (AvgIpc) is 3.09. The van der Waals surface area contributed by atoms with Crippen molar-refractivity contribution in [3.05, 3.63) is 102 Å². The first-order valence-corrected chi connectivity index (χ1v) is 17.0. The Balaban J connectivity index is 1.18. The van der Waals surface area contributed by atoms with Crippen molar-refractivity contribution >= 4 is 11.8 Å². The Kier molecular flexibility index (Phi) is 11.4. The molecule has 1 heterocycles. The Morgan fingerprint density at radius 1 is 0.830 bits per heavy atom. The number of nitrogens with one attached hydrogen (secondary N) is 2. The SMILES string of the molecule is CCNC(=O)C(Cc1ccc(-c2ncc(-c3ccc(OCCC4CCCCC4)cc3)cn2)cc1)NC(=O)c1ccc(C(C)(C)C)cc1. The maximum Gasteiger partial charge on any atom is 0.251 e. The molecule has 1 saturated carbocycles. The van der Waals surface area contributed by atoms with Gasteiger partial charge in [-0.3, -0.25) is 9.59 Å². The van der Waals surface area contributed by atoms with Crippen molar-refractivity contribution < 1.29 is 14.3 Å². The number of nitrogens with zero attached hydrogens (tertiary/aromatic N) is 2. The largest absolute Gasteiger partial charge is 0.494 e. The van der Waals surface area contributed by atoms with Crippen molar-refractivity contribution in [3.63, 3.8) is 0 Å². The molecule has 0 spiro atoms. The molecule has 4 aromatic rings. The Morgan fingerprint density at radius 2 is 1.47 bits per heavy atom. The van der Waals surface area contributed by atoms with E-state index < -0.39 is 6.04 Å². The van der Waals surface area contributed by atoms with E-state index in [-0.39, 0.29) is 17.2 Å². The number of amides is 2. The molecule has 47 heavy (non-hydrogen) atoms. The normalized spacial score (nSPS) is 14.3. The minimum atomic E-state index is -0.709.